The van der Waals surface area contributed by atoms with Gasteiger partial charge in [0.2, 0.25) is 0 Å². The van der Waals surface area contributed by atoms with Crippen LogP contribution in [0.5, 0.6) is 0 Å². The SMILES string of the molecule is CC(Cl)c1nc2ccc(F)c(F)c2n1C(C)c1ccco1. The molecule has 3 rings (SSSR count). The molecule has 0 aliphatic heterocycles. The van der Waals surface area contributed by atoms with E-state index in [2.05, 4.69) is 4.98 Å². The number of hydrogen-bond acceptors (Lipinski definition) is 2. The number of hydrogen-bond donors (Lipinski definition) is 0. The molecule has 1 aromatic carbocycles. The second-order valence-corrected chi connectivity index (χ2v) is 5.53. The molecule has 2 atom stereocenters. The molecule has 2 heterocycles. The van der Waals surface area contributed by atoms with Gasteiger partial charge in [0.15, 0.2) is 11.6 Å². The lowest BCUT2D eigenvalue weighted by Crippen LogP contribution is -2.11. The third kappa shape index (κ3) is 2.21. The molecule has 21 heavy (non-hydrogen) atoms. The van der Waals surface area contributed by atoms with Crippen LogP contribution in [-0.4, -0.2) is 9.55 Å². The molecule has 2 aromatic heterocycles. The topological polar surface area (TPSA) is 31.0 Å². The van der Waals surface area contributed by atoms with Crippen molar-refractivity contribution in [2.45, 2.75) is 25.3 Å². The van der Waals surface area contributed by atoms with Crippen LogP contribution in [0, 0.1) is 11.6 Å². The van der Waals surface area contributed by atoms with Gasteiger partial charge in [-0.05, 0) is 38.1 Å². The molecule has 0 saturated carbocycles. The quantitative estimate of drug-likeness (QED) is 0.650. The van der Waals surface area contributed by atoms with Crippen molar-refractivity contribution >= 4 is 22.6 Å². The molecule has 0 saturated heterocycles. The second-order valence-electron chi connectivity index (χ2n) is 4.88. The zero-order valence-corrected chi connectivity index (χ0v) is 12.2. The molecule has 0 amide bonds. The smallest absolute Gasteiger partial charge is 0.184 e. The van der Waals surface area contributed by atoms with Crippen LogP contribution >= 0.6 is 11.6 Å². The molecule has 3 nitrogen and oxygen atoms in total. The number of aromatic nitrogens is 2. The highest BCUT2D eigenvalue weighted by Gasteiger charge is 2.25. The Labute approximate surface area is 125 Å². The molecule has 0 N–H and O–H groups in total. The van der Waals surface area contributed by atoms with Gasteiger partial charge < -0.3 is 8.98 Å². The minimum atomic E-state index is -0.929. The van der Waals surface area contributed by atoms with Crippen LogP contribution in [0.15, 0.2) is 34.9 Å². The van der Waals surface area contributed by atoms with E-state index in [1.54, 1.807) is 23.6 Å². The van der Waals surface area contributed by atoms with Crippen molar-refractivity contribution in [2.24, 2.45) is 0 Å². The van der Waals surface area contributed by atoms with E-state index in [0.29, 0.717) is 17.1 Å². The standard InChI is InChI=1S/C15H13ClF2N2O/c1-8(16)15-19-11-6-5-10(17)13(18)14(11)20(15)9(2)12-4-3-7-21-12/h3-9H,1-2H3. The van der Waals surface area contributed by atoms with Gasteiger partial charge in [0, 0.05) is 0 Å². The van der Waals surface area contributed by atoms with E-state index in [0.717, 1.165) is 6.07 Å². The zero-order chi connectivity index (χ0) is 15.1. The van der Waals surface area contributed by atoms with E-state index in [9.17, 15) is 8.78 Å². The second kappa shape index (κ2) is 5.15. The van der Waals surface area contributed by atoms with E-state index in [4.69, 9.17) is 16.0 Å². The summed E-state index contributed by atoms with van der Waals surface area (Å²) >= 11 is 6.15. The number of alkyl halides is 1. The van der Waals surface area contributed by atoms with Crippen LogP contribution in [0.2, 0.25) is 0 Å². The maximum absolute atomic E-state index is 14.2. The summed E-state index contributed by atoms with van der Waals surface area (Å²) in [6.07, 6.45) is 1.53. The van der Waals surface area contributed by atoms with Crippen molar-refractivity contribution in [1.29, 1.82) is 0 Å². The van der Waals surface area contributed by atoms with Gasteiger partial charge in [-0.2, -0.15) is 0 Å². The van der Waals surface area contributed by atoms with Crippen molar-refractivity contribution in [1.82, 2.24) is 9.55 Å². The highest BCUT2D eigenvalue weighted by atomic mass is 35.5. The summed E-state index contributed by atoms with van der Waals surface area (Å²) in [7, 11) is 0. The highest BCUT2D eigenvalue weighted by molar-refractivity contribution is 6.20. The van der Waals surface area contributed by atoms with Crippen molar-refractivity contribution in [3.63, 3.8) is 0 Å². The van der Waals surface area contributed by atoms with Crippen molar-refractivity contribution in [3.8, 4) is 0 Å². The lowest BCUT2D eigenvalue weighted by atomic mass is 10.2. The summed E-state index contributed by atoms with van der Waals surface area (Å²) in [5.74, 6) is -0.748. The molecule has 0 aliphatic carbocycles. The third-order valence-corrected chi connectivity index (χ3v) is 3.66. The van der Waals surface area contributed by atoms with Gasteiger partial charge in [-0.1, -0.05) is 0 Å². The molecule has 0 radical (unpaired) electrons. The van der Waals surface area contributed by atoms with Crippen molar-refractivity contribution < 1.29 is 13.2 Å². The normalized spacial score (nSPS) is 14.5. The Hall–Kier alpha value is -1.88. The Balaban J connectivity index is 2.32. The summed E-state index contributed by atoms with van der Waals surface area (Å²) in [4.78, 5) is 4.33. The number of halogens is 3. The number of rotatable bonds is 3. The van der Waals surface area contributed by atoms with Crippen LogP contribution < -0.4 is 0 Å². The fourth-order valence-electron chi connectivity index (χ4n) is 2.47. The number of nitrogens with zero attached hydrogens (tertiary/aromatic N) is 2. The van der Waals surface area contributed by atoms with Crippen LogP contribution in [0.1, 0.15) is 36.9 Å². The minimum Gasteiger partial charge on any atom is -0.467 e. The van der Waals surface area contributed by atoms with Crippen molar-refractivity contribution in [3.05, 3.63) is 53.7 Å². The molecular weight excluding hydrogens is 298 g/mol. The number of fused-ring (bicyclic) bond motifs is 1. The summed E-state index contributed by atoms with van der Waals surface area (Å²) in [6, 6.07) is 5.68. The van der Waals surface area contributed by atoms with Crippen LogP contribution in [0.4, 0.5) is 8.78 Å². The average Bonchev–Trinajstić information content (AvgIpc) is 3.09. The first-order valence-electron chi connectivity index (χ1n) is 6.54. The monoisotopic (exact) mass is 310 g/mol. The largest absolute Gasteiger partial charge is 0.467 e. The first-order valence-corrected chi connectivity index (χ1v) is 6.97. The Morgan fingerprint density at radius 3 is 2.62 bits per heavy atom. The average molecular weight is 311 g/mol. The Morgan fingerprint density at radius 2 is 2.00 bits per heavy atom. The van der Waals surface area contributed by atoms with E-state index in [-0.39, 0.29) is 11.6 Å². The Bertz CT molecular complexity index is 781. The van der Waals surface area contributed by atoms with E-state index in [1.165, 1.54) is 12.3 Å². The summed E-state index contributed by atoms with van der Waals surface area (Å²) in [5.41, 5.74) is 0.469. The number of benzene rings is 1. The Morgan fingerprint density at radius 1 is 1.24 bits per heavy atom. The predicted octanol–water partition coefficient (Wildman–Crippen LogP) is 4.82. The summed E-state index contributed by atoms with van der Waals surface area (Å²) in [6.45, 7) is 3.56. The van der Waals surface area contributed by atoms with Gasteiger partial charge in [0.25, 0.3) is 0 Å². The predicted molar refractivity (Wildman–Crippen MR) is 76.4 cm³/mol. The van der Waals surface area contributed by atoms with Crippen LogP contribution in [-0.2, 0) is 0 Å². The van der Waals surface area contributed by atoms with Crippen molar-refractivity contribution in [2.75, 3.05) is 0 Å². The Kier molecular flexibility index (Phi) is 3.45. The van der Waals surface area contributed by atoms with Crippen LogP contribution in [0.25, 0.3) is 11.0 Å². The molecule has 6 heteroatoms. The van der Waals surface area contributed by atoms with Gasteiger partial charge in [-0.3, -0.25) is 0 Å². The van der Waals surface area contributed by atoms with Gasteiger partial charge in [0.05, 0.1) is 23.2 Å². The number of imidazole rings is 1. The molecule has 2 unspecified atom stereocenters. The molecule has 0 bridgehead atoms. The minimum absolute atomic E-state index is 0.0985. The lowest BCUT2D eigenvalue weighted by Gasteiger charge is -2.17. The molecule has 0 aliphatic rings. The number of furan rings is 1. The maximum atomic E-state index is 14.2. The summed E-state index contributed by atoms with van der Waals surface area (Å²) in [5, 5.41) is -0.447. The first kappa shape index (κ1) is 14.1. The zero-order valence-electron chi connectivity index (χ0n) is 11.5. The van der Waals surface area contributed by atoms with E-state index < -0.39 is 17.0 Å². The van der Waals surface area contributed by atoms with Gasteiger partial charge in [0.1, 0.15) is 17.1 Å². The molecule has 0 spiro atoms. The molecular formula is C15H13ClF2N2O. The fourth-order valence-corrected chi connectivity index (χ4v) is 2.62. The van der Waals surface area contributed by atoms with E-state index in [1.807, 2.05) is 6.92 Å². The molecule has 110 valence electrons. The third-order valence-electron chi connectivity index (χ3n) is 3.47. The highest BCUT2D eigenvalue weighted by Crippen LogP contribution is 2.33. The fraction of sp³-hybridized carbons (Fsp3) is 0.267. The lowest BCUT2D eigenvalue weighted by molar-refractivity contribution is 0.439. The van der Waals surface area contributed by atoms with E-state index >= 15 is 0 Å². The van der Waals surface area contributed by atoms with Gasteiger partial charge in [-0.15, -0.1) is 11.6 Å². The van der Waals surface area contributed by atoms with Gasteiger partial charge >= 0.3 is 0 Å². The molecule has 0 fully saturated rings. The molecule has 3 aromatic rings. The first-order chi connectivity index (χ1) is 10.0. The van der Waals surface area contributed by atoms with Gasteiger partial charge in [-0.25, -0.2) is 13.8 Å². The van der Waals surface area contributed by atoms with Crippen LogP contribution in [0.3, 0.4) is 0 Å². The summed E-state index contributed by atoms with van der Waals surface area (Å²) < 4.78 is 34.8. The maximum Gasteiger partial charge on any atom is 0.184 e.